The van der Waals surface area contributed by atoms with E-state index in [1.54, 1.807) is 12.1 Å². The highest BCUT2D eigenvalue weighted by atomic mass is 32.2. The van der Waals surface area contributed by atoms with E-state index in [1.807, 2.05) is 6.92 Å². The second kappa shape index (κ2) is 6.40. The van der Waals surface area contributed by atoms with Gasteiger partial charge >= 0.3 is 0 Å². The number of methoxy groups -OCH3 is 1. The van der Waals surface area contributed by atoms with Crippen LogP contribution in [0.15, 0.2) is 41.6 Å². The van der Waals surface area contributed by atoms with Gasteiger partial charge in [-0.05, 0) is 31.2 Å². The summed E-state index contributed by atoms with van der Waals surface area (Å²) in [5.74, 6) is 1.03. The maximum atomic E-state index is 12.1. The Hall–Kier alpha value is -2.35. The van der Waals surface area contributed by atoms with Gasteiger partial charge in [-0.15, -0.1) is 0 Å². The molecule has 2 rings (SSSR count). The van der Waals surface area contributed by atoms with Crippen LogP contribution in [0.1, 0.15) is 6.92 Å². The third kappa shape index (κ3) is 3.82. The van der Waals surface area contributed by atoms with E-state index in [4.69, 9.17) is 9.47 Å². The Balaban J connectivity index is 2.16. The Morgan fingerprint density at radius 3 is 2.24 bits per heavy atom. The van der Waals surface area contributed by atoms with E-state index in [2.05, 4.69) is 14.7 Å². The van der Waals surface area contributed by atoms with Crippen LogP contribution in [0.25, 0.3) is 0 Å². The summed E-state index contributed by atoms with van der Waals surface area (Å²) < 4.78 is 36.8. The summed E-state index contributed by atoms with van der Waals surface area (Å²) >= 11 is 0. The van der Waals surface area contributed by atoms with Gasteiger partial charge in [0.1, 0.15) is 5.75 Å². The molecule has 0 radical (unpaired) electrons. The normalized spacial score (nSPS) is 11.0. The number of rotatable bonds is 6. The quantitative estimate of drug-likeness (QED) is 0.873. The lowest BCUT2D eigenvalue weighted by Gasteiger charge is -2.08. The molecule has 0 spiro atoms. The monoisotopic (exact) mass is 309 g/mol. The first kappa shape index (κ1) is 15.0. The van der Waals surface area contributed by atoms with Crippen molar-refractivity contribution in [3.63, 3.8) is 0 Å². The number of hydrogen-bond donors (Lipinski definition) is 1. The first-order valence-electron chi connectivity index (χ1n) is 6.17. The molecule has 0 aliphatic rings. The lowest BCUT2D eigenvalue weighted by molar-refractivity contribution is 0.337. The van der Waals surface area contributed by atoms with E-state index >= 15 is 0 Å². The zero-order chi connectivity index (χ0) is 15.3. The van der Waals surface area contributed by atoms with E-state index in [1.165, 1.54) is 31.6 Å². The molecule has 0 aliphatic heterocycles. The van der Waals surface area contributed by atoms with Crippen LogP contribution < -0.4 is 14.2 Å². The smallest absolute Gasteiger partial charge is 0.264 e. The lowest BCUT2D eigenvalue weighted by atomic mass is 10.3. The summed E-state index contributed by atoms with van der Waals surface area (Å²) in [6, 6.07) is 6.01. The molecule has 0 amide bonds. The van der Waals surface area contributed by atoms with Crippen molar-refractivity contribution in [1.29, 1.82) is 0 Å². The summed E-state index contributed by atoms with van der Waals surface area (Å²) in [6.07, 6.45) is 2.81. The number of aromatic nitrogens is 2. The molecule has 1 aromatic heterocycles. The Labute approximate surface area is 123 Å². The SMILES string of the molecule is CCOc1cnc(NS(=O)(=O)c2ccc(OC)cc2)nc1. The van der Waals surface area contributed by atoms with Crippen molar-refractivity contribution in [3.8, 4) is 11.5 Å². The van der Waals surface area contributed by atoms with E-state index in [0.29, 0.717) is 18.1 Å². The molecular weight excluding hydrogens is 294 g/mol. The average molecular weight is 309 g/mol. The molecule has 0 saturated heterocycles. The van der Waals surface area contributed by atoms with Gasteiger partial charge in [0.2, 0.25) is 5.95 Å². The molecular formula is C13H15N3O4S. The first-order valence-corrected chi connectivity index (χ1v) is 7.65. The predicted octanol–water partition coefficient (Wildman–Crippen LogP) is 1.68. The fraction of sp³-hybridized carbons (Fsp3) is 0.231. The number of anilines is 1. The van der Waals surface area contributed by atoms with Crippen LogP contribution in [-0.2, 0) is 10.0 Å². The predicted molar refractivity (Wildman–Crippen MR) is 77.0 cm³/mol. The molecule has 112 valence electrons. The Morgan fingerprint density at radius 1 is 1.10 bits per heavy atom. The molecule has 0 fully saturated rings. The van der Waals surface area contributed by atoms with Crippen molar-refractivity contribution in [2.24, 2.45) is 0 Å². The molecule has 1 heterocycles. The molecule has 0 atom stereocenters. The number of ether oxygens (including phenoxy) is 2. The highest BCUT2D eigenvalue weighted by Gasteiger charge is 2.15. The maximum Gasteiger partial charge on any atom is 0.264 e. The van der Waals surface area contributed by atoms with Gasteiger partial charge in [-0.1, -0.05) is 0 Å². The fourth-order valence-electron chi connectivity index (χ4n) is 1.54. The zero-order valence-electron chi connectivity index (χ0n) is 11.6. The Bertz CT molecular complexity index is 684. The minimum absolute atomic E-state index is 0.0192. The number of nitrogens with zero attached hydrogens (tertiary/aromatic N) is 2. The van der Waals surface area contributed by atoms with Gasteiger partial charge in [-0.3, -0.25) is 0 Å². The van der Waals surface area contributed by atoms with Crippen LogP contribution in [0.3, 0.4) is 0 Å². The highest BCUT2D eigenvalue weighted by molar-refractivity contribution is 7.92. The van der Waals surface area contributed by atoms with Gasteiger partial charge in [0.25, 0.3) is 10.0 Å². The molecule has 0 unspecified atom stereocenters. The van der Waals surface area contributed by atoms with Crippen LogP contribution in [0.5, 0.6) is 11.5 Å². The summed E-state index contributed by atoms with van der Waals surface area (Å²) in [5.41, 5.74) is 0. The minimum atomic E-state index is -3.73. The molecule has 0 aliphatic carbocycles. The van der Waals surface area contributed by atoms with Crippen LogP contribution in [0.4, 0.5) is 5.95 Å². The van der Waals surface area contributed by atoms with Gasteiger partial charge in [0, 0.05) is 0 Å². The molecule has 1 N–H and O–H groups in total. The van der Waals surface area contributed by atoms with Crippen molar-refractivity contribution >= 4 is 16.0 Å². The molecule has 8 heteroatoms. The van der Waals surface area contributed by atoms with Crippen molar-refractivity contribution in [2.75, 3.05) is 18.4 Å². The fourth-order valence-corrected chi connectivity index (χ4v) is 2.50. The van der Waals surface area contributed by atoms with Crippen LogP contribution in [0, 0.1) is 0 Å². The van der Waals surface area contributed by atoms with E-state index in [0.717, 1.165) is 0 Å². The van der Waals surface area contributed by atoms with Crippen LogP contribution >= 0.6 is 0 Å². The third-order valence-corrected chi connectivity index (χ3v) is 3.88. The second-order valence-corrected chi connectivity index (χ2v) is 5.64. The van der Waals surface area contributed by atoms with Crippen molar-refractivity contribution in [1.82, 2.24) is 9.97 Å². The van der Waals surface area contributed by atoms with Gasteiger partial charge in [0.05, 0.1) is 31.0 Å². The number of nitrogens with one attached hydrogen (secondary N) is 1. The van der Waals surface area contributed by atoms with Crippen LogP contribution in [-0.4, -0.2) is 32.1 Å². The molecule has 7 nitrogen and oxygen atoms in total. The molecule has 2 aromatic rings. The molecule has 1 aromatic carbocycles. The standard InChI is InChI=1S/C13H15N3O4S/c1-3-20-11-8-14-13(15-9-11)16-21(17,18)12-6-4-10(19-2)5-7-12/h4-9H,3H2,1-2H3,(H,14,15,16). The number of sulfonamides is 1. The zero-order valence-corrected chi connectivity index (χ0v) is 12.4. The topological polar surface area (TPSA) is 90.4 Å². The van der Waals surface area contributed by atoms with Gasteiger partial charge in [0.15, 0.2) is 5.75 Å². The summed E-state index contributed by atoms with van der Waals surface area (Å²) in [6.45, 7) is 2.32. The van der Waals surface area contributed by atoms with E-state index in [9.17, 15) is 8.42 Å². The highest BCUT2D eigenvalue weighted by Crippen LogP contribution is 2.18. The summed E-state index contributed by atoms with van der Waals surface area (Å²) in [4.78, 5) is 7.88. The van der Waals surface area contributed by atoms with Crippen molar-refractivity contribution < 1.29 is 17.9 Å². The first-order chi connectivity index (χ1) is 10.0. The largest absolute Gasteiger partial charge is 0.497 e. The van der Waals surface area contributed by atoms with Crippen molar-refractivity contribution in [2.45, 2.75) is 11.8 Å². The Morgan fingerprint density at radius 2 is 1.71 bits per heavy atom. The van der Waals surface area contributed by atoms with Gasteiger partial charge < -0.3 is 9.47 Å². The summed E-state index contributed by atoms with van der Waals surface area (Å²) in [5, 5.41) is 0. The third-order valence-electron chi connectivity index (χ3n) is 2.53. The number of benzene rings is 1. The lowest BCUT2D eigenvalue weighted by Crippen LogP contribution is -2.15. The van der Waals surface area contributed by atoms with E-state index < -0.39 is 10.0 Å². The molecule has 0 saturated carbocycles. The van der Waals surface area contributed by atoms with Crippen LogP contribution in [0.2, 0.25) is 0 Å². The van der Waals surface area contributed by atoms with Crippen molar-refractivity contribution in [3.05, 3.63) is 36.7 Å². The average Bonchev–Trinajstić information content (AvgIpc) is 2.49. The maximum absolute atomic E-state index is 12.1. The van der Waals surface area contributed by atoms with Gasteiger partial charge in [-0.2, -0.15) is 0 Å². The Kier molecular flexibility index (Phi) is 4.59. The van der Waals surface area contributed by atoms with Gasteiger partial charge in [-0.25, -0.2) is 23.1 Å². The summed E-state index contributed by atoms with van der Waals surface area (Å²) in [7, 11) is -2.23. The minimum Gasteiger partial charge on any atom is -0.497 e. The molecule has 0 bridgehead atoms. The molecule has 21 heavy (non-hydrogen) atoms. The van der Waals surface area contributed by atoms with E-state index in [-0.39, 0.29) is 10.8 Å². The second-order valence-electron chi connectivity index (χ2n) is 3.96. The number of hydrogen-bond acceptors (Lipinski definition) is 6.